The van der Waals surface area contributed by atoms with E-state index in [4.69, 9.17) is 4.74 Å². The number of carbonyl (C=O) groups is 2. The molecule has 19 heavy (non-hydrogen) atoms. The lowest BCUT2D eigenvalue weighted by Gasteiger charge is -2.25. The van der Waals surface area contributed by atoms with Crippen molar-refractivity contribution < 1.29 is 14.3 Å². The molecule has 0 aliphatic carbocycles. The topological polar surface area (TPSA) is 70.7 Å². The van der Waals surface area contributed by atoms with E-state index < -0.39 is 0 Å². The van der Waals surface area contributed by atoms with E-state index in [1.165, 1.54) is 11.3 Å². The van der Waals surface area contributed by atoms with Gasteiger partial charge in [0.05, 0.1) is 19.1 Å². The lowest BCUT2D eigenvalue weighted by atomic mass is 9.88. The zero-order chi connectivity index (χ0) is 13.8. The highest BCUT2D eigenvalue weighted by molar-refractivity contribution is 5.86. The van der Waals surface area contributed by atoms with Crippen LogP contribution in [0.3, 0.4) is 0 Å². The Labute approximate surface area is 113 Å². The molecule has 6 nitrogen and oxygen atoms in total. The number of nitrogens with one attached hydrogen (secondary N) is 2. The Morgan fingerprint density at radius 3 is 2.79 bits per heavy atom. The Morgan fingerprint density at radius 1 is 1.42 bits per heavy atom. The molecule has 2 bridgehead atoms. The largest absolute Gasteiger partial charge is 0.383 e. The predicted molar refractivity (Wildman–Crippen MR) is 70.6 cm³/mol. The van der Waals surface area contributed by atoms with Crippen LogP contribution < -0.4 is 10.6 Å². The zero-order valence-electron chi connectivity index (χ0n) is 11.6. The minimum atomic E-state index is -0.135. The molecule has 2 rings (SSSR count). The number of carbonyl (C=O) groups excluding carboxylic acids is 2. The van der Waals surface area contributed by atoms with Crippen LogP contribution in [0.4, 0.5) is 0 Å². The van der Waals surface area contributed by atoms with E-state index in [0.717, 1.165) is 12.8 Å². The molecule has 2 N–H and O–H groups in total. The number of hydrogen-bond donors (Lipinski definition) is 2. The van der Waals surface area contributed by atoms with Gasteiger partial charge >= 0.3 is 0 Å². The molecule has 2 heterocycles. The van der Waals surface area contributed by atoms with Gasteiger partial charge in [0.2, 0.25) is 11.8 Å². The third kappa shape index (κ3) is 3.45. The summed E-state index contributed by atoms with van der Waals surface area (Å²) in [6, 6.07) is 0.819. The molecule has 0 saturated carbocycles. The summed E-state index contributed by atoms with van der Waals surface area (Å²) in [5.41, 5.74) is 0. The van der Waals surface area contributed by atoms with Crippen molar-refractivity contribution in [2.24, 2.45) is 5.92 Å². The first-order chi connectivity index (χ1) is 9.11. The molecule has 3 unspecified atom stereocenters. The van der Waals surface area contributed by atoms with Gasteiger partial charge in [-0.2, -0.15) is 0 Å². The van der Waals surface area contributed by atoms with Crippen molar-refractivity contribution in [2.75, 3.05) is 33.9 Å². The Morgan fingerprint density at radius 2 is 2.21 bits per heavy atom. The van der Waals surface area contributed by atoms with E-state index in [2.05, 4.69) is 10.6 Å². The minimum Gasteiger partial charge on any atom is -0.383 e. The summed E-state index contributed by atoms with van der Waals surface area (Å²) in [6.07, 6.45) is 3.17. The number of fused-ring (bicyclic) bond motifs is 2. The van der Waals surface area contributed by atoms with Crippen LogP contribution in [0.1, 0.15) is 19.3 Å². The molecule has 2 aliphatic heterocycles. The maximum Gasteiger partial charge on any atom is 0.239 e. The van der Waals surface area contributed by atoms with E-state index in [0.29, 0.717) is 25.2 Å². The second kappa shape index (κ2) is 6.34. The first kappa shape index (κ1) is 14.3. The second-order valence-corrected chi connectivity index (χ2v) is 5.43. The summed E-state index contributed by atoms with van der Waals surface area (Å²) >= 11 is 0. The summed E-state index contributed by atoms with van der Waals surface area (Å²) in [5.74, 6) is 0.00105. The van der Waals surface area contributed by atoms with Gasteiger partial charge in [0.1, 0.15) is 0 Å². The second-order valence-electron chi connectivity index (χ2n) is 5.43. The molecule has 0 aromatic heterocycles. The Hall–Kier alpha value is -1.14. The van der Waals surface area contributed by atoms with Crippen LogP contribution in [0, 0.1) is 5.92 Å². The SMILES string of the molecule is COCCNC(=O)CN(C)C(=O)C1CC2CCC1N2. The van der Waals surface area contributed by atoms with Crippen LogP contribution in [-0.4, -0.2) is 62.7 Å². The van der Waals surface area contributed by atoms with E-state index in [1.54, 1.807) is 14.2 Å². The molecular formula is C13H23N3O3. The molecule has 108 valence electrons. The van der Waals surface area contributed by atoms with Gasteiger partial charge in [-0.25, -0.2) is 0 Å². The molecule has 2 saturated heterocycles. The summed E-state index contributed by atoms with van der Waals surface area (Å²) in [7, 11) is 3.29. The number of ether oxygens (including phenoxy) is 1. The smallest absolute Gasteiger partial charge is 0.239 e. The van der Waals surface area contributed by atoms with Crippen LogP contribution >= 0.6 is 0 Å². The van der Waals surface area contributed by atoms with Crippen LogP contribution in [0.15, 0.2) is 0 Å². The van der Waals surface area contributed by atoms with Crippen molar-refractivity contribution in [1.82, 2.24) is 15.5 Å². The number of hydrogen-bond acceptors (Lipinski definition) is 4. The normalized spacial score (nSPS) is 28.4. The predicted octanol–water partition coefficient (Wildman–Crippen LogP) is -0.652. The van der Waals surface area contributed by atoms with Crippen LogP contribution in [-0.2, 0) is 14.3 Å². The quantitative estimate of drug-likeness (QED) is 0.629. The molecular weight excluding hydrogens is 246 g/mol. The lowest BCUT2D eigenvalue weighted by Crippen LogP contribution is -2.44. The Kier molecular flexibility index (Phi) is 4.76. The van der Waals surface area contributed by atoms with Gasteiger partial charge in [0.25, 0.3) is 0 Å². The number of methoxy groups -OCH3 is 1. The molecule has 0 aromatic carbocycles. The standard InChI is InChI=1S/C13H23N3O3/c1-16(8-12(17)14-5-6-19-2)13(18)10-7-9-3-4-11(10)15-9/h9-11,15H,3-8H2,1-2H3,(H,14,17). The van der Waals surface area contributed by atoms with Crippen LogP contribution in [0.2, 0.25) is 0 Å². The fourth-order valence-electron chi connectivity index (χ4n) is 3.02. The van der Waals surface area contributed by atoms with Gasteiger partial charge in [0.15, 0.2) is 0 Å². The van der Waals surface area contributed by atoms with Gasteiger partial charge in [-0.3, -0.25) is 9.59 Å². The fourth-order valence-corrected chi connectivity index (χ4v) is 3.02. The van der Waals surface area contributed by atoms with E-state index in [9.17, 15) is 9.59 Å². The number of amides is 2. The highest BCUT2D eigenvalue weighted by Crippen LogP contribution is 2.34. The first-order valence-electron chi connectivity index (χ1n) is 6.88. The summed E-state index contributed by atoms with van der Waals surface area (Å²) in [6.45, 7) is 1.09. The summed E-state index contributed by atoms with van der Waals surface area (Å²) in [5, 5.41) is 6.16. The van der Waals surface area contributed by atoms with Gasteiger partial charge in [-0.05, 0) is 19.3 Å². The highest BCUT2D eigenvalue weighted by atomic mass is 16.5. The highest BCUT2D eigenvalue weighted by Gasteiger charge is 2.43. The molecule has 2 fully saturated rings. The maximum absolute atomic E-state index is 12.3. The van der Waals surface area contributed by atoms with E-state index >= 15 is 0 Å². The lowest BCUT2D eigenvalue weighted by molar-refractivity contribution is -0.138. The minimum absolute atomic E-state index is 0.0514. The van der Waals surface area contributed by atoms with Crippen molar-refractivity contribution in [3.63, 3.8) is 0 Å². The number of rotatable bonds is 6. The van der Waals surface area contributed by atoms with Crippen molar-refractivity contribution in [3.8, 4) is 0 Å². The monoisotopic (exact) mass is 269 g/mol. The molecule has 0 aromatic rings. The van der Waals surface area contributed by atoms with Gasteiger partial charge in [-0.1, -0.05) is 0 Å². The molecule has 2 aliphatic rings. The van der Waals surface area contributed by atoms with Gasteiger partial charge in [-0.15, -0.1) is 0 Å². The third-order valence-corrected chi connectivity index (χ3v) is 4.00. The van der Waals surface area contributed by atoms with Crippen molar-refractivity contribution in [2.45, 2.75) is 31.3 Å². The molecule has 2 amide bonds. The van der Waals surface area contributed by atoms with E-state index in [1.807, 2.05) is 0 Å². The van der Waals surface area contributed by atoms with Gasteiger partial charge < -0.3 is 20.3 Å². The molecule has 0 radical (unpaired) electrons. The maximum atomic E-state index is 12.3. The number of nitrogens with zero attached hydrogens (tertiary/aromatic N) is 1. The molecule has 6 heteroatoms. The van der Waals surface area contributed by atoms with E-state index in [-0.39, 0.29) is 24.3 Å². The van der Waals surface area contributed by atoms with Crippen LogP contribution in [0.5, 0.6) is 0 Å². The van der Waals surface area contributed by atoms with Gasteiger partial charge in [0, 0.05) is 32.8 Å². The van der Waals surface area contributed by atoms with Crippen LogP contribution in [0.25, 0.3) is 0 Å². The fraction of sp³-hybridized carbons (Fsp3) is 0.846. The summed E-state index contributed by atoms with van der Waals surface area (Å²) in [4.78, 5) is 25.5. The average molecular weight is 269 g/mol. The Bertz CT molecular complexity index is 348. The average Bonchev–Trinajstić information content (AvgIpc) is 3.00. The molecule has 0 spiro atoms. The van der Waals surface area contributed by atoms with Crippen molar-refractivity contribution >= 4 is 11.8 Å². The Balaban J connectivity index is 1.75. The van der Waals surface area contributed by atoms with Crippen molar-refractivity contribution in [1.29, 1.82) is 0 Å². The first-order valence-corrected chi connectivity index (χ1v) is 6.88. The zero-order valence-corrected chi connectivity index (χ0v) is 11.6. The molecule has 3 atom stereocenters. The summed E-state index contributed by atoms with van der Waals surface area (Å²) < 4.78 is 4.86. The number of likely N-dealkylation sites (N-methyl/N-ethyl adjacent to an activating group) is 1. The third-order valence-electron chi connectivity index (χ3n) is 4.00. The van der Waals surface area contributed by atoms with Crippen molar-refractivity contribution in [3.05, 3.63) is 0 Å².